The first-order valence-electron chi connectivity index (χ1n) is 10.6. The molecule has 1 aliphatic heterocycles. The second-order valence-corrected chi connectivity index (χ2v) is 9.75. The second-order valence-electron chi connectivity index (χ2n) is 8.07. The molecule has 0 saturated carbocycles. The molecule has 0 bridgehead atoms. The third-order valence-electron chi connectivity index (χ3n) is 5.84. The molecule has 0 aliphatic carbocycles. The summed E-state index contributed by atoms with van der Waals surface area (Å²) in [5.74, 6) is -1.36. The molecule has 1 aromatic heterocycles. The Balaban J connectivity index is 1.49. The Kier molecular flexibility index (Phi) is 5.41. The van der Waals surface area contributed by atoms with Gasteiger partial charge in [-0.1, -0.05) is 36.4 Å². The van der Waals surface area contributed by atoms with Gasteiger partial charge in [0.15, 0.2) is 0 Å². The highest BCUT2D eigenvalue weighted by atomic mass is 32.2. The zero-order valence-corrected chi connectivity index (χ0v) is 18.7. The SMILES string of the molecule is O=C1CCc2cc(S(=O)(=O)NC(=O)c3cc4ccccc4n3Cc3ccccc3F)ccc2N1. The number of fused-ring (bicyclic) bond motifs is 2. The number of hydrogen-bond acceptors (Lipinski definition) is 4. The third-order valence-corrected chi connectivity index (χ3v) is 7.17. The van der Waals surface area contributed by atoms with Crippen molar-refractivity contribution in [1.82, 2.24) is 9.29 Å². The van der Waals surface area contributed by atoms with Crippen molar-refractivity contribution in [2.24, 2.45) is 0 Å². The number of hydrogen-bond donors (Lipinski definition) is 2. The molecule has 2 N–H and O–H groups in total. The Morgan fingerprint density at radius 1 is 1.00 bits per heavy atom. The van der Waals surface area contributed by atoms with Crippen molar-refractivity contribution >= 4 is 38.4 Å². The molecular weight excluding hydrogens is 457 g/mol. The Bertz CT molecular complexity index is 1560. The minimum absolute atomic E-state index is 0.0571. The number of rotatable bonds is 5. The highest BCUT2D eigenvalue weighted by Gasteiger charge is 2.25. The molecule has 5 rings (SSSR count). The van der Waals surface area contributed by atoms with Crippen LogP contribution in [0.25, 0.3) is 10.9 Å². The Morgan fingerprint density at radius 2 is 1.76 bits per heavy atom. The van der Waals surface area contributed by atoms with E-state index in [2.05, 4.69) is 10.0 Å². The number of benzene rings is 3. The highest BCUT2D eigenvalue weighted by molar-refractivity contribution is 7.90. The van der Waals surface area contributed by atoms with E-state index in [0.717, 1.165) is 5.39 Å². The van der Waals surface area contributed by atoms with Crippen LogP contribution >= 0.6 is 0 Å². The normalized spacial score (nSPS) is 13.4. The number of amides is 2. The first-order valence-corrected chi connectivity index (χ1v) is 12.1. The van der Waals surface area contributed by atoms with Gasteiger partial charge in [-0.15, -0.1) is 0 Å². The van der Waals surface area contributed by atoms with Crippen LogP contribution < -0.4 is 10.0 Å². The molecule has 172 valence electrons. The molecule has 34 heavy (non-hydrogen) atoms. The number of sulfonamides is 1. The number of anilines is 1. The van der Waals surface area contributed by atoms with Gasteiger partial charge < -0.3 is 9.88 Å². The lowest BCUT2D eigenvalue weighted by Gasteiger charge is -2.18. The number of nitrogens with one attached hydrogen (secondary N) is 2. The Hall–Kier alpha value is -3.98. The van der Waals surface area contributed by atoms with Gasteiger partial charge in [-0.3, -0.25) is 9.59 Å². The molecule has 1 aliphatic rings. The van der Waals surface area contributed by atoms with Crippen molar-refractivity contribution in [3.8, 4) is 0 Å². The number of aryl methyl sites for hydroxylation is 1. The van der Waals surface area contributed by atoms with E-state index in [0.29, 0.717) is 28.8 Å². The molecule has 0 unspecified atom stereocenters. The van der Waals surface area contributed by atoms with E-state index in [1.54, 1.807) is 53.1 Å². The van der Waals surface area contributed by atoms with Gasteiger partial charge in [0, 0.05) is 28.6 Å². The zero-order valence-electron chi connectivity index (χ0n) is 17.9. The molecule has 0 fully saturated rings. The van der Waals surface area contributed by atoms with Crippen LogP contribution in [-0.2, 0) is 27.8 Å². The average Bonchev–Trinajstić information content (AvgIpc) is 3.18. The number of aromatic nitrogens is 1. The van der Waals surface area contributed by atoms with Crippen molar-refractivity contribution in [2.45, 2.75) is 24.3 Å². The van der Waals surface area contributed by atoms with Crippen molar-refractivity contribution < 1.29 is 22.4 Å². The monoisotopic (exact) mass is 477 g/mol. The number of carbonyl (C=O) groups excluding carboxylic acids is 2. The van der Waals surface area contributed by atoms with Gasteiger partial charge in [-0.05, 0) is 48.4 Å². The molecule has 3 aromatic carbocycles. The summed E-state index contributed by atoms with van der Waals surface area (Å²) < 4.78 is 44.1. The topological polar surface area (TPSA) is 97.3 Å². The van der Waals surface area contributed by atoms with Gasteiger partial charge in [-0.25, -0.2) is 17.5 Å². The fourth-order valence-corrected chi connectivity index (χ4v) is 5.14. The smallest absolute Gasteiger partial charge is 0.281 e. The van der Waals surface area contributed by atoms with Crippen LogP contribution in [0.5, 0.6) is 0 Å². The van der Waals surface area contributed by atoms with E-state index >= 15 is 0 Å². The fraction of sp³-hybridized carbons (Fsp3) is 0.120. The zero-order chi connectivity index (χ0) is 23.9. The minimum atomic E-state index is -4.19. The summed E-state index contributed by atoms with van der Waals surface area (Å²) in [5.41, 5.74) is 2.39. The summed E-state index contributed by atoms with van der Waals surface area (Å²) in [4.78, 5) is 24.6. The van der Waals surface area contributed by atoms with E-state index in [-0.39, 0.29) is 29.5 Å². The van der Waals surface area contributed by atoms with Crippen LogP contribution in [-0.4, -0.2) is 24.8 Å². The first-order chi connectivity index (χ1) is 16.3. The van der Waals surface area contributed by atoms with Crippen LogP contribution in [0, 0.1) is 5.82 Å². The number of nitrogens with zero attached hydrogens (tertiary/aromatic N) is 1. The minimum Gasteiger partial charge on any atom is -0.332 e. The largest absolute Gasteiger partial charge is 0.332 e. The molecule has 7 nitrogen and oxygen atoms in total. The van der Waals surface area contributed by atoms with E-state index in [1.165, 1.54) is 24.3 Å². The summed E-state index contributed by atoms with van der Waals surface area (Å²) >= 11 is 0. The summed E-state index contributed by atoms with van der Waals surface area (Å²) in [6.45, 7) is 0.0571. The quantitative estimate of drug-likeness (QED) is 0.457. The maximum absolute atomic E-state index is 14.3. The van der Waals surface area contributed by atoms with E-state index in [1.807, 2.05) is 0 Å². The lowest BCUT2D eigenvalue weighted by atomic mass is 10.0. The summed E-state index contributed by atoms with van der Waals surface area (Å²) in [7, 11) is -4.19. The lowest BCUT2D eigenvalue weighted by Crippen LogP contribution is -2.32. The first kappa shape index (κ1) is 21.8. The van der Waals surface area contributed by atoms with Gasteiger partial charge in [0.2, 0.25) is 5.91 Å². The number of carbonyl (C=O) groups is 2. The third kappa shape index (κ3) is 4.06. The predicted molar refractivity (Wildman–Crippen MR) is 125 cm³/mol. The molecule has 0 atom stereocenters. The van der Waals surface area contributed by atoms with Gasteiger partial charge in [0.1, 0.15) is 11.5 Å². The molecule has 0 spiro atoms. The van der Waals surface area contributed by atoms with Gasteiger partial charge >= 0.3 is 0 Å². The van der Waals surface area contributed by atoms with Crippen LogP contribution in [0.15, 0.2) is 77.7 Å². The Labute approximate surface area is 195 Å². The molecule has 0 radical (unpaired) electrons. The van der Waals surface area contributed by atoms with Crippen molar-refractivity contribution in [3.05, 3.63) is 95.4 Å². The standard InChI is InChI=1S/C25H20FN3O4S/c26-20-7-3-1-6-18(20)15-29-22-8-4-2-5-17(22)14-23(29)25(31)28-34(32,33)19-10-11-21-16(13-19)9-12-24(30)27-21/h1-8,10-11,13-14H,9,12,15H2,(H,27,30)(H,28,31). The summed E-state index contributed by atoms with van der Waals surface area (Å²) in [5, 5.41) is 3.43. The van der Waals surface area contributed by atoms with Crippen molar-refractivity contribution in [3.63, 3.8) is 0 Å². The molecule has 9 heteroatoms. The fourth-order valence-electron chi connectivity index (χ4n) is 4.13. The van der Waals surface area contributed by atoms with Crippen LogP contribution in [0.4, 0.5) is 10.1 Å². The molecule has 2 amide bonds. The van der Waals surface area contributed by atoms with Gasteiger partial charge in [0.25, 0.3) is 15.9 Å². The number of halogens is 1. The average molecular weight is 478 g/mol. The predicted octanol–water partition coefficient (Wildman–Crippen LogP) is 3.83. The number of para-hydroxylation sites is 1. The van der Waals surface area contributed by atoms with E-state index in [4.69, 9.17) is 0 Å². The molecule has 0 saturated heterocycles. The molecular formula is C25H20FN3O4S. The van der Waals surface area contributed by atoms with Crippen molar-refractivity contribution in [1.29, 1.82) is 0 Å². The van der Waals surface area contributed by atoms with Crippen LogP contribution in [0.1, 0.15) is 28.0 Å². The summed E-state index contributed by atoms with van der Waals surface area (Å²) in [6.07, 6.45) is 0.675. The lowest BCUT2D eigenvalue weighted by molar-refractivity contribution is -0.116. The van der Waals surface area contributed by atoms with Crippen LogP contribution in [0.2, 0.25) is 0 Å². The highest BCUT2D eigenvalue weighted by Crippen LogP contribution is 2.26. The maximum atomic E-state index is 14.3. The second kappa shape index (κ2) is 8.42. The molecule has 4 aromatic rings. The maximum Gasteiger partial charge on any atom is 0.281 e. The van der Waals surface area contributed by atoms with E-state index < -0.39 is 21.7 Å². The van der Waals surface area contributed by atoms with Gasteiger partial charge in [-0.2, -0.15) is 0 Å². The molecule has 2 heterocycles. The summed E-state index contributed by atoms with van der Waals surface area (Å²) in [6, 6.07) is 19.3. The van der Waals surface area contributed by atoms with Gasteiger partial charge in [0.05, 0.1) is 11.4 Å². The van der Waals surface area contributed by atoms with E-state index in [9.17, 15) is 22.4 Å². The van der Waals surface area contributed by atoms with Crippen LogP contribution in [0.3, 0.4) is 0 Å². The van der Waals surface area contributed by atoms with Crippen molar-refractivity contribution in [2.75, 3.05) is 5.32 Å². The Morgan fingerprint density at radius 3 is 2.59 bits per heavy atom.